The van der Waals surface area contributed by atoms with Gasteiger partial charge < -0.3 is 9.84 Å². The van der Waals surface area contributed by atoms with Crippen LogP contribution in [0.2, 0.25) is 0 Å². The van der Waals surface area contributed by atoms with E-state index in [2.05, 4.69) is 12.6 Å². The molecule has 0 aliphatic rings. The molecule has 2 rings (SSSR count). The van der Waals surface area contributed by atoms with E-state index in [0.717, 1.165) is 11.1 Å². The molecule has 2 aromatic rings. The first kappa shape index (κ1) is 14.5. The summed E-state index contributed by atoms with van der Waals surface area (Å²) in [7, 11) is 0. The zero-order valence-electron chi connectivity index (χ0n) is 11.2. The van der Waals surface area contributed by atoms with Crippen molar-refractivity contribution >= 4 is 18.6 Å². The van der Waals surface area contributed by atoms with Gasteiger partial charge in [0.1, 0.15) is 12.4 Å². The van der Waals surface area contributed by atoms with Crippen LogP contribution in [-0.4, -0.2) is 11.1 Å². The first-order chi connectivity index (χ1) is 9.61. The Morgan fingerprint density at radius 3 is 2.55 bits per heavy atom. The second-order valence-corrected chi connectivity index (χ2v) is 4.90. The molecule has 3 nitrogen and oxygen atoms in total. The molecule has 2 aromatic carbocycles. The lowest BCUT2D eigenvalue weighted by Gasteiger charge is -2.14. The van der Waals surface area contributed by atoms with E-state index in [1.54, 1.807) is 6.07 Å². The van der Waals surface area contributed by atoms with Crippen molar-refractivity contribution < 1.29 is 14.6 Å². The molecule has 0 aliphatic carbocycles. The normalized spacial score (nSPS) is 10.3. The Balaban J connectivity index is 2.25. The van der Waals surface area contributed by atoms with Crippen molar-refractivity contribution in [2.24, 2.45) is 0 Å². The lowest BCUT2D eigenvalue weighted by Crippen LogP contribution is -2.03. The number of carbonyl (C=O) groups is 1. The highest BCUT2D eigenvalue weighted by atomic mass is 32.1. The third kappa shape index (κ3) is 3.33. The average Bonchev–Trinajstić information content (AvgIpc) is 2.46. The summed E-state index contributed by atoms with van der Waals surface area (Å²) in [5.41, 5.74) is 2.15. The molecule has 0 saturated heterocycles. The molecule has 0 aliphatic heterocycles. The first-order valence-electron chi connectivity index (χ1n) is 6.37. The molecule has 0 amide bonds. The summed E-state index contributed by atoms with van der Waals surface area (Å²) in [6.45, 7) is 2.40. The second-order valence-electron chi connectivity index (χ2n) is 4.42. The van der Waals surface area contributed by atoms with Gasteiger partial charge in [-0.1, -0.05) is 37.3 Å². The topological polar surface area (TPSA) is 46.5 Å². The zero-order valence-corrected chi connectivity index (χ0v) is 12.1. The van der Waals surface area contributed by atoms with Gasteiger partial charge in [-0.25, -0.2) is 4.79 Å². The number of aryl methyl sites for hydroxylation is 1. The van der Waals surface area contributed by atoms with Crippen LogP contribution < -0.4 is 4.74 Å². The van der Waals surface area contributed by atoms with E-state index in [1.807, 2.05) is 37.3 Å². The second kappa shape index (κ2) is 6.48. The molecular formula is C16H16O3S. The van der Waals surface area contributed by atoms with E-state index in [1.165, 1.54) is 6.07 Å². The quantitative estimate of drug-likeness (QED) is 0.822. The molecule has 0 heterocycles. The number of aromatic carboxylic acids is 1. The molecule has 20 heavy (non-hydrogen) atoms. The van der Waals surface area contributed by atoms with Crippen molar-refractivity contribution in [3.05, 3.63) is 59.2 Å². The fraction of sp³-hybridized carbons (Fsp3) is 0.188. The van der Waals surface area contributed by atoms with Crippen LogP contribution in [0.5, 0.6) is 5.75 Å². The minimum absolute atomic E-state index is 0.235. The molecule has 0 fully saturated rings. The van der Waals surface area contributed by atoms with Crippen LogP contribution in [0.1, 0.15) is 28.4 Å². The van der Waals surface area contributed by atoms with Gasteiger partial charge in [-0.3, -0.25) is 0 Å². The highest BCUT2D eigenvalue weighted by Gasteiger charge is 2.13. The van der Waals surface area contributed by atoms with Gasteiger partial charge in [0.25, 0.3) is 0 Å². The van der Waals surface area contributed by atoms with Crippen LogP contribution in [0.15, 0.2) is 47.4 Å². The molecule has 0 bridgehead atoms. The molecular weight excluding hydrogens is 272 g/mol. The number of hydrogen-bond acceptors (Lipinski definition) is 3. The molecule has 0 spiro atoms. The number of hydrogen-bond donors (Lipinski definition) is 2. The summed E-state index contributed by atoms with van der Waals surface area (Å²) in [5.74, 6) is -0.297. The summed E-state index contributed by atoms with van der Waals surface area (Å²) in [6, 6.07) is 13.0. The molecule has 104 valence electrons. The van der Waals surface area contributed by atoms with Crippen LogP contribution in [-0.2, 0) is 13.0 Å². The van der Waals surface area contributed by atoms with Crippen molar-refractivity contribution in [2.75, 3.05) is 0 Å². The van der Waals surface area contributed by atoms with Crippen LogP contribution in [0.4, 0.5) is 0 Å². The third-order valence-electron chi connectivity index (χ3n) is 3.00. The SMILES string of the molecule is CCc1cc(C(=O)O)cc(S)c1OCc1ccccc1. The van der Waals surface area contributed by atoms with Crippen LogP contribution >= 0.6 is 12.6 Å². The van der Waals surface area contributed by atoms with E-state index < -0.39 is 5.97 Å². The largest absolute Gasteiger partial charge is 0.487 e. The highest BCUT2D eigenvalue weighted by molar-refractivity contribution is 7.80. The highest BCUT2D eigenvalue weighted by Crippen LogP contribution is 2.30. The lowest BCUT2D eigenvalue weighted by molar-refractivity contribution is 0.0696. The van der Waals surface area contributed by atoms with Crippen LogP contribution in [0.3, 0.4) is 0 Å². The average molecular weight is 288 g/mol. The van der Waals surface area contributed by atoms with Crippen molar-refractivity contribution in [1.29, 1.82) is 0 Å². The number of carboxylic acids is 1. The standard InChI is InChI=1S/C16H16O3S/c1-2-12-8-13(16(17)18)9-14(20)15(12)19-10-11-6-4-3-5-7-11/h3-9,20H,2,10H2,1H3,(H,17,18). The zero-order chi connectivity index (χ0) is 14.5. The monoisotopic (exact) mass is 288 g/mol. The summed E-state index contributed by atoms with van der Waals surface area (Å²) in [4.78, 5) is 11.6. The van der Waals surface area contributed by atoms with Gasteiger partial charge in [-0.05, 0) is 29.7 Å². The Morgan fingerprint density at radius 2 is 1.95 bits per heavy atom. The molecule has 0 unspecified atom stereocenters. The van der Waals surface area contributed by atoms with Crippen LogP contribution in [0, 0.1) is 0 Å². The van der Waals surface area contributed by atoms with Gasteiger partial charge in [0.05, 0.1) is 5.56 Å². The van der Waals surface area contributed by atoms with Gasteiger partial charge in [-0.2, -0.15) is 0 Å². The predicted molar refractivity (Wildman–Crippen MR) is 80.8 cm³/mol. The smallest absolute Gasteiger partial charge is 0.335 e. The van der Waals surface area contributed by atoms with Crippen molar-refractivity contribution in [2.45, 2.75) is 24.8 Å². The van der Waals surface area contributed by atoms with E-state index >= 15 is 0 Å². The minimum Gasteiger partial charge on any atom is -0.487 e. The van der Waals surface area contributed by atoms with Crippen molar-refractivity contribution in [3.63, 3.8) is 0 Å². The lowest BCUT2D eigenvalue weighted by atomic mass is 10.1. The van der Waals surface area contributed by atoms with Crippen molar-refractivity contribution in [3.8, 4) is 5.75 Å². The molecule has 0 aromatic heterocycles. The fourth-order valence-corrected chi connectivity index (χ4v) is 2.30. The summed E-state index contributed by atoms with van der Waals surface area (Å²) >= 11 is 4.34. The maximum absolute atomic E-state index is 11.0. The van der Waals surface area contributed by atoms with E-state index in [9.17, 15) is 4.79 Å². The fourth-order valence-electron chi connectivity index (χ4n) is 1.95. The van der Waals surface area contributed by atoms with Gasteiger partial charge in [0.2, 0.25) is 0 Å². The molecule has 0 atom stereocenters. The summed E-state index contributed by atoms with van der Waals surface area (Å²) in [6.07, 6.45) is 0.693. The Morgan fingerprint density at radius 1 is 1.25 bits per heavy atom. The third-order valence-corrected chi connectivity index (χ3v) is 3.33. The molecule has 1 N–H and O–H groups in total. The van der Waals surface area contributed by atoms with Gasteiger partial charge in [0.15, 0.2) is 0 Å². The summed E-state index contributed by atoms with van der Waals surface area (Å²) < 4.78 is 5.81. The molecule has 4 heteroatoms. The summed E-state index contributed by atoms with van der Waals surface area (Å²) in [5, 5.41) is 9.05. The maximum Gasteiger partial charge on any atom is 0.335 e. The van der Waals surface area contributed by atoms with Gasteiger partial charge in [0, 0.05) is 4.90 Å². The number of benzene rings is 2. The van der Waals surface area contributed by atoms with E-state index in [-0.39, 0.29) is 5.56 Å². The Labute approximate surface area is 123 Å². The van der Waals surface area contributed by atoms with Crippen LogP contribution in [0.25, 0.3) is 0 Å². The van der Waals surface area contributed by atoms with E-state index in [4.69, 9.17) is 9.84 Å². The molecule has 0 radical (unpaired) electrons. The Hall–Kier alpha value is -1.94. The number of ether oxygens (including phenoxy) is 1. The van der Waals surface area contributed by atoms with Crippen molar-refractivity contribution in [1.82, 2.24) is 0 Å². The predicted octanol–water partition coefficient (Wildman–Crippen LogP) is 3.81. The Bertz CT molecular complexity index is 609. The number of thiol groups is 1. The number of carboxylic acid groups (broad SMARTS) is 1. The Kier molecular flexibility index (Phi) is 4.69. The number of rotatable bonds is 5. The first-order valence-corrected chi connectivity index (χ1v) is 6.82. The van der Waals surface area contributed by atoms with E-state index in [0.29, 0.717) is 23.7 Å². The molecule has 0 saturated carbocycles. The minimum atomic E-state index is -0.954. The van der Waals surface area contributed by atoms with Gasteiger partial charge >= 0.3 is 5.97 Å². The van der Waals surface area contributed by atoms with Gasteiger partial charge in [-0.15, -0.1) is 12.6 Å². The maximum atomic E-state index is 11.0.